The molecule has 106 valence electrons. The molecule has 1 heterocycles. The number of hydrogen-bond acceptors (Lipinski definition) is 4. The van der Waals surface area contributed by atoms with Gasteiger partial charge in [-0.2, -0.15) is 0 Å². The molecule has 3 aliphatic carbocycles. The molecule has 5 nitrogen and oxygen atoms in total. The monoisotopic (exact) mass is 272 g/mol. The molecule has 4 unspecified atom stereocenters. The van der Waals surface area contributed by atoms with Gasteiger partial charge in [-0.05, 0) is 49.9 Å². The lowest BCUT2D eigenvalue weighted by molar-refractivity contribution is 0.0939. The lowest BCUT2D eigenvalue weighted by atomic mass is 10.0. The molecule has 0 spiro atoms. The fourth-order valence-corrected chi connectivity index (χ4v) is 4.46. The number of hydrogen-bond donors (Lipinski definition) is 2. The van der Waals surface area contributed by atoms with Gasteiger partial charge < -0.3 is 10.6 Å². The van der Waals surface area contributed by atoms with Crippen LogP contribution in [0.2, 0.25) is 0 Å². The molecule has 3 aliphatic rings. The van der Waals surface area contributed by atoms with Crippen molar-refractivity contribution >= 4 is 11.7 Å². The molecule has 5 heteroatoms. The number of carbonyl (C=O) groups excluding carboxylic acids is 1. The maximum Gasteiger partial charge on any atom is 0.271 e. The number of amides is 1. The molecule has 2 bridgehead atoms. The zero-order valence-corrected chi connectivity index (χ0v) is 11.7. The molecule has 4 rings (SSSR count). The van der Waals surface area contributed by atoms with E-state index >= 15 is 0 Å². The van der Waals surface area contributed by atoms with Gasteiger partial charge in [0.15, 0.2) is 0 Å². The van der Waals surface area contributed by atoms with E-state index in [1.165, 1.54) is 19.3 Å². The van der Waals surface area contributed by atoms with Crippen LogP contribution in [0.1, 0.15) is 36.7 Å². The van der Waals surface area contributed by atoms with E-state index in [1.54, 1.807) is 12.4 Å². The Morgan fingerprint density at radius 3 is 2.60 bits per heavy atom. The van der Waals surface area contributed by atoms with Gasteiger partial charge in [-0.25, -0.2) is 9.97 Å². The smallest absolute Gasteiger partial charge is 0.271 e. The van der Waals surface area contributed by atoms with Crippen LogP contribution in [0.4, 0.5) is 5.82 Å². The topological polar surface area (TPSA) is 66.9 Å². The van der Waals surface area contributed by atoms with E-state index in [9.17, 15) is 4.79 Å². The summed E-state index contributed by atoms with van der Waals surface area (Å²) in [7, 11) is 0. The molecule has 4 atom stereocenters. The van der Waals surface area contributed by atoms with Gasteiger partial charge in [0.2, 0.25) is 0 Å². The van der Waals surface area contributed by atoms with Crippen molar-refractivity contribution in [2.24, 2.45) is 23.7 Å². The SMILES string of the molecule is CCNc1cnc(C(=O)NC2C3C4CCC(C4)C23)cn1. The summed E-state index contributed by atoms with van der Waals surface area (Å²) in [5, 5.41) is 6.24. The number of nitrogens with one attached hydrogen (secondary N) is 2. The van der Waals surface area contributed by atoms with Crippen LogP contribution < -0.4 is 10.6 Å². The van der Waals surface area contributed by atoms with Crippen molar-refractivity contribution in [1.29, 1.82) is 0 Å². The Hall–Kier alpha value is -1.65. The highest BCUT2D eigenvalue weighted by Gasteiger charge is 2.65. The molecule has 20 heavy (non-hydrogen) atoms. The molecule has 0 radical (unpaired) electrons. The maximum atomic E-state index is 12.2. The molecule has 0 saturated heterocycles. The van der Waals surface area contributed by atoms with E-state index in [0.717, 1.165) is 30.2 Å². The minimum absolute atomic E-state index is 0.0700. The molecule has 1 aromatic heterocycles. The van der Waals surface area contributed by atoms with Crippen LogP contribution in [-0.4, -0.2) is 28.5 Å². The summed E-state index contributed by atoms with van der Waals surface area (Å²) in [5.41, 5.74) is 0.420. The summed E-state index contributed by atoms with van der Waals surface area (Å²) in [5.74, 6) is 3.90. The Kier molecular flexibility index (Phi) is 2.69. The van der Waals surface area contributed by atoms with Crippen LogP contribution in [0.3, 0.4) is 0 Å². The second-order valence-corrected chi connectivity index (χ2v) is 6.30. The van der Waals surface area contributed by atoms with Gasteiger partial charge in [0.1, 0.15) is 11.5 Å². The second-order valence-electron chi connectivity index (χ2n) is 6.30. The van der Waals surface area contributed by atoms with E-state index in [4.69, 9.17) is 0 Å². The van der Waals surface area contributed by atoms with Crippen molar-refractivity contribution in [2.45, 2.75) is 32.2 Å². The normalized spacial score (nSPS) is 36.5. The van der Waals surface area contributed by atoms with Gasteiger partial charge in [0, 0.05) is 12.6 Å². The highest BCUT2D eigenvalue weighted by atomic mass is 16.2. The van der Waals surface area contributed by atoms with Crippen molar-refractivity contribution < 1.29 is 4.79 Å². The average Bonchev–Trinajstić information content (AvgIpc) is 2.85. The van der Waals surface area contributed by atoms with Crippen molar-refractivity contribution in [3.05, 3.63) is 18.1 Å². The Bertz CT molecular complexity index is 513. The molecule has 2 N–H and O–H groups in total. The first kappa shape index (κ1) is 12.1. The molecule has 1 amide bonds. The van der Waals surface area contributed by atoms with Crippen molar-refractivity contribution in [1.82, 2.24) is 15.3 Å². The van der Waals surface area contributed by atoms with E-state index in [-0.39, 0.29) is 5.91 Å². The van der Waals surface area contributed by atoms with Crippen molar-refractivity contribution in [3.8, 4) is 0 Å². The highest BCUT2D eigenvalue weighted by Crippen LogP contribution is 2.65. The van der Waals surface area contributed by atoms with Crippen LogP contribution in [0.15, 0.2) is 12.4 Å². The number of anilines is 1. The van der Waals surface area contributed by atoms with Crippen LogP contribution in [0, 0.1) is 23.7 Å². The van der Waals surface area contributed by atoms with E-state index in [0.29, 0.717) is 17.6 Å². The lowest BCUT2D eigenvalue weighted by Gasteiger charge is -2.10. The predicted molar refractivity (Wildman–Crippen MR) is 75.3 cm³/mol. The first-order chi connectivity index (χ1) is 9.78. The predicted octanol–water partition coefficient (Wildman–Crippen LogP) is 1.68. The first-order valence-electron chi connectivity index (χ1n) is 7.64. The van der Waals surface area contributed by atoms with Crippen LogP contribution in [0.25, 0.3) is 0 Å². The van der Waals surface area contributed by atoms with Gasteiger partial charge in [-0.15, -0.1) is 0 Å². The van der Waals surface area contributed by atoms with Crippen LogP contribution >= 0.6 is 0 Å². The zero-order chi connectivity index (χ0) is 13.7. The quantitative estimate of drug-likeness (QED) is 0.875. The second kappa shape index (κ2) is 4.43. The molecule has 3 fully saturated rings. The zero-order valence-electron chi connectivity index (χ0n) is 11.7. The van der Waals surface area contributed by atoms with Crippen molar-refractivity contribution in [3.63, 3.8) is 0 Å². The maximum absolute atomic E-state index is 12.2. The molecule has 0 aromatic carbocycles. The lowest BCUT2D eigenvalue weighted by Crippen LogP contribution is -2.30. The number of rotatable bonds is 4. The largest absolute Gasteiger partial charge is 0.369 e. The number of nitrogens with zero attached hydrogens (tertiary/aromatic N) is 2. The fourth-order valence-electron chi connectivity index (χ4n) is 4.46. The number of carbonyl (C=O) groups is 1. The Labute approximate surface area is 118 Å². The summed E-state index contributed by atoms with van der Waals surface area (Å²) >= 11 is 0. The van der Waals surface area contributed by atoms with Gasteiger partial charge in [-0.3, -0.25) is 4.79 Å². The summed E-state index contributed by atoms with van der Waals surface area (Å²) in [4.78, 5) is 20.6. The summed E-state index contributed by atoms with van der Waals surface area (Å²) in [6.45, 7) is 2.80. The minimum atomic E-state index is -0.0700. The van der Waals surface area contributed by atoms with Gasteiger partial charge in [0.05, 0.1) is 12.4 Å². The van der Waals surface area contributed by atoms with Crippen LogP contribution in [-0.2, 0) is 0 Å². The summed E-state index contributed by atoms with van der Waals surface area (Å²) < 4.78 is 0. The van der Waals surface area contributed by atoms with E-state index in [1.807, 2.05) is 6.92 Å². The minimum Gasteiger partial charge on any atom is -0.369 e. The third kappa shape index (κ3) is 1.79. The third-order valence-corrected chi connectivity index (χ3v) is 5.28. The van der Waals surface area contributed by atoms with Crippen LogP contribution in [0.5, 0.6) is 0 Å². The van der Waals surface area contributed by atoms with E-state index in [2.05, 4.69) is 20.6 Å². The number of aromatic nitrogens is 2. The van der Waals surface area contributed by atoms with Gasteiger partial charge in [0.25, 0.3) is 5.91 Å². The average molecular weight is 272 g/mol. The fraction of sp³-hybridized carbons (Fsp3) is 0.667. The van der Waals surface area contributed by atoms with Gasteiger partial charge in [-0.1, -0.05) is 0 Å². The summed E-state index contributed by atoms with van der Waals surface area (Å²) in [6, 6.07) is 0.406. The van der Waals surface area contributed by atoms with Crippen molar-refractivity contribution in [2.75, 3.05) is 11.9 Å². The standard InChI is InChI=1S/C15H20N4O/c1-2-16-11-7-17-10(6-18-11)15(20)19-14-12-8-3-4-9(5-8)13(12)14/h6-9,12-14H,2-5H2,1H3,(H,16,18)(H,19,20). The summed E-state index contributed by atoms with van der Waals surface area (Å²) in [6.07, 6.45) is 7.32. The Morgan fingerprint density at radius 2 is 2.00 bits per heavy atom. The first-order valence-corrected chi connectivity index (χ1v) is 7.64. The number of fused-ring (bicyclic) bond motifs is 5. The molecule has 0 aliphatic heterocycles. The Morgan fingerprint density at radius 1 is 1.25 bits per heavy atom. The molecular weight excluding hydrogens is 252 g/mol. The molecular formula is C15H20N4O. The Balaban J connectivity index is 1.39. The third-order valence-electron chi connectivity index (χ3n) is 5.28. The molecule has 3 saturated carbocycles. The van der Waals surface area contributed by atoms with E-state index < -0.39 is 0 Å². The highest BCUT2D eigenvalue weighted by molar-refractivity contribution is 5.92. The molecule has 1 aromatic rings. The van der Waals surface area contributed by atoms with Gasteiger partial charge >= 0.3 is 0 Å².